The lowest BCUT2D eigenvalue weighted by molar-refractivity contribution is -0.119. The standard InChI is InChI=1S/C9H12N2O2/c1-5-6(2)13-9(11-5)7-3-8(12)10-4-7/h7H,3-4H2,1-2H3,(H,10,12). The number of nitrogens with zero attached hydrogens (tertiary/aromatic N) is 1. The van der Waals surface area contributed by atoms with Crippen LogP contribution in [-0.2, 0) is 4.79 Å². The van der Waals surface area contributed by atoms with Gasteiger partial charge in [0.05, 0.1) is 11.6 Å². The summed E-state index contributed by atoms with van der Waals surface area (Å²) in [4.78, 5) is 15.2. The number of carbonyl (C=O) groups is 1. The molecule has 1 aromatic rings. The normalized spacial score (nSPS) is 22.0. The highest BCUT2D eigenvalue weighted by Crippen LogP contribution is 2.23. The van der Waals surface area contributed by atoms with E-state index in [2.05, 4.69) is 10.3 Å². The molecule has 70 valence electrons. The maximum absolute atomic E-state index is 10.9. The van der Waals surface area contributed by atoms with Crippen LogP contribution in [-0.4, -0.2) is 17.4 Å². The Kier molecular flexibility index (Phi) is 1.83. The van der Waals surface area contributed by atoms with E-state index in [1.54, 1.807) is 0 Å². The van der Waals surface area contributed by atoms with Gasteiger partial charge in [-0.05, 0) is 13.8 Å². The summed E-state index contributed by atoms with van der Waals surface area (Å²) in [5.74, 6) is 1.74. The van der Waals surface area contributed by atoms with Crippen LogP contribution in [0.1, 0.15) is 29.7 Å². The Morgan fingerprint density at radius 3 is 2.77 bits per heavy atom. The molecule has 1 amide bonds. The van der Waals surface area contributed by atoms with Crippen LogP contribution in [0.25, 0.3) is 0 Å². The van der Waals surface area contributed by atoms with E-state index in [9.17, 15) is 4.79 Å². The Bertz CT molecular complexity index is 324. The summed E-state index contributed by atoms with van der Waals surface area (Å²) in [6, 6.07) is 0. The Hall–Kier alpha value is -1.32. The molecular weight excluding hydrogens is 168 g/mol. The molecule has 1 aliphatic heterocycles. The highest BCUT2D eigenvalue weighted by molar-refractivity contribution is 5.79. The van der Waals surface area contributed by atoms with Crippen LogP contribution in [0.4, 0.5) is 0 Å². The monoisotopic (exact) mass is 180 g/mol. The van der Waals surface area contributed by atoms with Crippen LogP contribution >= 0.6 is 0 Å². The van der Waals surface area contributed by atoms with Crippen molar-refractivity contribution in [3.63, 3.8) is 0 Å². The van der Waals surface area contributed by atoms with Gasteiger partial charge >= 0.3 is 0 Å². The number of hydrogen-bond acceptors (Lipinski definition) is 3. The maximum Gasteiger partial charge on any atom is 0.220 e. The lowest BCUT2D eigenvalue weighted by Gasteiger charge is -1.98. The second kappa shape index (κ2) is 2.87. The number of aromatic nitrogens is 1. The molecule has 0 bridgehead atoms. The molecule has 0 spiro atoms. The van der Waals surface area contributed by atoms with Gasteiger partial charge in [0.15, 0.2) is 5.89 Å². The molecule has 0 aromatic carbocycles. The number of aryl methyl sites for hydroxylation is 2. The minimum absolute atomic E-state index is 0.0820. The molecule has 0 radical (unpaired) electrons. The largest absolute Gasteiger partial charge is 0.445 e. The van der Waals surface area contributed by atoms with Crippen molar-refractivity contribution in [1.29, 1.82) is 0 Å². The molecule has 1 aromatic heterocycles. The quantitative estimate of drug-likeness (QED) is 0.698. The smallest absolute Gasteiger partial charge is 0.220 e. The lowest BCUT2D eigenvalue weighted by atomic mass is 10.1. The second-order valence-electron chi connectivity index (χ2n) is 3.40. The summed E-state index contributed by atoms with van der Waals surface area (Å²) in [7, 11) is 0. The zero-order valence-electron chi connectivity index (χ0n) is 7.76. The van der Waals surface area contributed by atoms with Crippen LogP contribution in [0.15, 0.2) is 4.42 Å². The van der Waals surface area contributed by atoms with E-state index in [1.165, 1.54) is 0 Å². The first-order valence-corrected chi connectivity index (χ1v) is 4.37. The van der Waals surface area contributed by atoms with Gasteiger partial charge in [0.2, 0.25) is 5.91 Å². The summed E-state index contributed by atoms with van der Waals surface area (Å²) < 4.78 is 5.44. The van der Waals surface area contributed by atoms with Gasteiger partial charge in [-0.25, -0.2) is 4.98 Å². The summed E-state index contributed by atoms with van der Waals surface area (Å²) in [5.41, 5.74) is 0.911. The third-order valence-corrected chi connectivity index (χ3v) is 2.37. The fraction of sp³-hybridized carbons (Fsp3) is 0.556. The molecule has 1 unspecified atom stereocenters. The minimum atomic E-state index is 0.0820. The molecule has 0 aliphatic carbocycles. The SMILES string of the molecule is Cc1nc(C2CNC(=O)C2)oc1C. The predicted molar refractivity (Wildman–Crippen MR) is 46.3 cm³/mol. The van der Waals surface area contributed by atoms with Crippen molar-refractivity contribution in [3.8, 4) is 0 Å². The first-order chi connectivity index (χ1) is 6.16. The van der Waals surface area contributed by atoms with Gasteiger partial charge in [0, 0.05) is 13.0 Å². The van der Waals surface area contributed by atoms with Gasteiger partial charge in [-0.1, -0.05) is 0 Å². The van der Waals surface area contributed by atoms with Gasteiger partial charge in [0.1, 0.15) is 5.76 Å². The van der Waals surface area contributed by atoms with Crippen LogP contribution in [0, 0.1) is 13.8 Å². The molecule has 1 saturated heterocycles. The van der Waals surface area contributed by atoms with E-state index in [-0.39, 0.29) is 11.8 Å². The van der Waals surface area contributed by atoms with E-state index in [0.717, 1.165) is 11.5 Å². The minimum Gasteiger partial charge on any atom is -0.445 e. The van der Waals surface area contributed by atoms with Crippen LogP contribution in [0.5, 0.6) is 0 Å². The second-order valence-corrected chi connectivity index (χ2v) is 3.40. The van der Waals surface area contributed by atoms with Gasteiger partial charge < -0.3 is 9.73 Å². The predicted octanol–water partition coefficient (Wildman–Crippen LogP) is 0.895. The number of nitrogens with one attached hydrogen (secondary N) is 1. The summed E-state index contributed by atoms with van der Waals surface area (Å²) in [5, 5.41) is 2.76. The molecule has 0 saturated carbocycles. The highest BCUT2D eigenvalue weighted by atomic mass is 16.4. The zero-order valence-corrected chi connectivity index (χ0v) is 7.76. The molecule has 1 aliphatic rings. The number of rotatable bonds is 1. The van der Waals surface area contributed by atoms with E-state index in [1.807, 2.05) is 13.8 Å². The number of amides is 1. The number of oxazole rings is 1. The molecule has 4 nitrogen and oxygen atoms in total. The van der Waals surface area contributed by atoms with Crippen LogP contribution in [0.3, 0.4) is 0 Å². The maximum atomic E-state index is 10.9. The van der Waals surface area contributed by atoms with Crippen LogP contribution in [0.2, 0.25) is 0 Å². The van der Waals surface area contributed by atoms with E-state index >= 15 is 0 Å². The van der Waals surface area contributed by atoms with Crippen molar-refractivity contribution in [2.24, 2.45) is 0 Å². The van der Waals surface area contributed by atoms with Crippen molar-refractivity contribution in [3.05, 3.63) is 17.3 Å². The summed E-state index contributed by atoms with van der Waals surface area (Å²) in [6.07, 6.45) is 0.499. The fourth-order valence-electron chi connectivity index (χ4n) is 1.45. The average molecular weight is 180 g/mol. The first kappa shape index (κ1) is 8.29. The molecule has 4 heteroatoms. The molecular formula is C9H12N2O2. The summed E-state index contributed by atoms with van der Waals surface area (Å²) >= 11 is 0. The van der Waals surface area contributed by atoms with E-state index < -0.39 is 0 Å². The molecule has 1 fully saturated rings. The van der Waals surface area contributed by atoms with Crippen molar-refractivity contribution < 1.29 is 9.21 Å². The van der Waals surface area contributed by atoms with Gasteiger partial charge in [-0.2, -0.15) is 0 Å². The summed E-state index contributed by atoms with van der Waals surface area (Å²) in [6.45, 7) is 4.45. The third-order valence-electron chi connectivity index (χ3n) is 2.37. The molecule has 1 N–H and O–H groups in total. The molecule has 1 atom stereocenters. The Balaban J connectivity index is 2.21. The Morgan fingerprint density at radius 1 is 1.54 bits per heavy atom. The Morgan fingerprint density at radius 2 is 2.31 bits per heavy atom. The van der Waals surface area contributed by atoms with E-state index in [0.29, 0.717) is 18.9 Å². The van der Waals surface area contributed by atoms with Gasteiger partial charge in [-0.3, -0.25) is 4.79 Å². The molecule has 2 heterocycles. The molecule has 2 rings (SSSR count). The van der Waals surface area contributed by atoms with Crippen molar-refractivity contribution >= 4 is 5.91 Å². The van der Waals surface area contributed by atoms with E-state index in [4.69, 9.17) is 4.42 Å². The first-order valence-electron chi connectivity index (χ1n) is 4.37. The van der Waals surface area contributed by atoms with Crippen LogP contribution < -0.4 is 5.32 Å². The number of carbonyl (C=O) groups excluding carboxylic acids is 1. The lowest BCUT2D eigenvalue weighted by Crippen LogP contribution is -2.13. The zero-order chi connectivity index (χ0) is 9.42. The third kappa shape index (κ3) is 1.43. The van der Waals surface area contributed by atoms with Crippen molar-refractivity contribution in [2.75, 3.05) is 6.54 Å². The fourth-order valence-corrected chi connectivity index (χ4v) is 1.45. The van der Waals surface area contributed by atoms with Gasteiger partial charge in [0.25, 0.3) is 0 Å². The highest BCUT2D eigenvalue weighted by Gasteiger charge is 2.27. The van der Waals surface area contributed by atoms with Gasteiger partial charge in [-0.15, -0.1) is 0 Å². The topological polar surface area (TPSA) is 55.1 Å². The number of hydrogen-bond donors (Lipinski definition) is 1. The average Bonchev–Trinajstić information content (AvgIpc) is 2.61. The molecule has 13 heavy (non-hydrogen) atoms. The van der Waals surface area contributed by atoms with Crippen molar-refractivity contribution in [1.82, 2.24) is 10.3 Å². The Labute approximate surface area is 76.3 Å². The van der Waals surface area contributed by atoms with Crippen molar-refractivity contribution in [2.45, 2.75) is 26.2 Å².